The number of rotatable bonds is 9. The second-order valence-electron chi connectivity index (χ2n) is 22.3. The first kappa shape index (κ1) is 44.5. The van der Waals surface area contributed by atoms with Crippen molar-refractivity contribution in [2.24, 2.45) is 0 Å². The lowest BCUT2D eigenvalue weighted by molar-refractivity contribution is 0.660. The molecule has 0 aliphatic heterocycles. The monoisotopic (exact) mass is 952 g/mol. The Bertz CT molecular complexity index is 3790. The van der Waals surface area contributed by atoms with Gasteiger partial charge in [0.2, 0.25) is 0 Å². The Morgan fingerprint density at radius 3 is 1.07 bits per heavy atom. The Morgan fingerprint density at radius 2 is 0.635 bits per heavy atom. The highest BCUT2D eigenvalue weighted by atomic mass is 15.1. The first-order valence-corrected chi connectivity index (χ1v) is 26.7. The molecule has 0 saturated heterocycles. The molecule has 0 saturated carbocycles. The molecular formula is C72H60N2. The summed E-state index contributed by atoms with van der Waals surface area (Å²) >= 11 is 0. The van der Waals surface area contributed by atoms with Gasteiger partial charge in [0.15, 0.2) is 0 Å². The highest BCUT2D eigenvalue weighted by Crippen LogP contribution is 2.58. The van der Waals surface area contributed by atoms with Crippen molar-refractivity contribution in [2.45, 2.75) is 78.1 Å². The summed E-state index contributed by atoms with van der Waals surface area (Å²) < 4.78 is 0. The normalized spacial score (nSPS) is 14.6. The van der Waals surface area contributed by atoms with Gasteiger partial charge in [0.05, 0.1) is 5.41 Å². The van der Waals surface area contributed by atoms with E-state index in [0.29, 0.717) is 0 Å². The molecule has 2 nitrogen and oxygen atoms in total. The van der Waals surface area contributed by atoms with Gasteiger partial charge < -0.3 is 9.80 Å². The number of fused-ring (bicyclic) bond motifs is 8. The molecule has 14 rings (SSSR count). The second-order valence-corrected chi connectivity index (χ2v) is 22.3. The molecule has 358 valence electrons. The SMILES string of the molecule is Cc1ccc(N(c2ccc(C)cc2)c2ccc3c(c2)C(C)(C)c2cc(N(c4ccc(C)cc4)c4ccc(-c5ccc6c(c5)C(c5ccc7c(c5)CC7)(c5ccc7c(c5)CC7)c5cc(C)ccc5-6)cc4)ccc2-3)cc1. The molecule has 10 aromatic rings. The van der Waals surface area contributed by atoms with Crippen LogP contribution in [-0.4, -0.2) is 0 Å². The smallest absolute Gasteiger partial charge is 0.0714 e. The van der Waals surface area contributed by atoms with Gasteiger partial charge in [-0.2, -0.15) is 0 Å². The average Bonchev–Trinajstić information content (AvgIpc) is 3.82. The minimum absolute atomic E-state index is 0.242. The lowest BCUT2D eigenvalue weighted by Gasteiger charge is -2.37. The fourth-order valence-electron chi connectivity index (χ4n) is 13.0. The van der Waals surface area contributed by atoms with Crippen LogP contribution >= 0.6 is 0 Å². The third kappa shape index (κ3) is 6.84. The van der Waals surface area contributed by atoms with E-state index in [1.807, 2.05) is 0 Å². The molecule has 74 heavy (non-hydrogen) atoms. The van der Waals surface area contributed by atoms with Crippen LogP contribution in [0.25, 0.3) is 33.4 Å². The topological polar surface area (TPSA) is 6.48 Å². The zero-order chi connectivity index (χ0) is 50.0. The maximum absolute atomic E-state index is 2.54. The summed E-state index contributed by atoms with van der Waals surface area (Å²) in [5.74, 6) is 0. The number of anilines is 6. The number of hydrogen-bond donors (Lipinski definition) is 0. The molecule has 0 bridgehead atoms. The number of hydrogen-bond acceptors (Lipinski definition) is 2. The van der Waals surface area contributed by atoms with E-state index in [1.54, 1.807) is 0 Å². The van der Waals surface area contributed by atoms with Crippen molar-refractivity contribution in [3.8, 4) is 33.4 Å². The van der Waals surface area contributed by atoms with Crippen molar-refractivity contribution in [3.63, 3.8) is 0 Å². The molecule has 0 atom stereocenters. The molecule has 10 aromatic carbocycles. The van der Waals surface area contributed by atoms with Gasteiger partial charge in [-0.25, -0.2) is 0 Å². The summed E-state index contributed by atoms with van der Waals surface area (Å²) in [7, 11) is 0. The largest absolute Gasteiger partial charge is 0.310 e. The fourth-order valence-corrected chi connectivity index (χ4v) is 13.0. The van der Waals surface area contributed by atoms with Crippen molar-refractivity contribution in [1.82, 2.24) is 0 Å². The third-order valence-corrected chi connectivity index (χ3v) is 17.4. The van der Waals surface area contributed by atoms with Crippen LogP contribution in [0.3, 0.4) is 0 Å². The highest BCUT2D eigenvalue weighted by Gasteiger charge is 2.47. The molecule has 0 N–H and O–H groups in total. The number of benzene rings is 10. The van der Waals surface area contributed by atoms with E-state index in [1.165, 1.54) is 124 Å². The molecular weight excluding hydrogens is 893 g/mol. The minimum atomic E-state index is -0.422. The van der Waals surface area contributed by atoms with Crippen molar-refractivity contribution in [2.75, 3.05) is 9.80 Å². The maximum atomic E-state index is 2.54. The molecule has 4 aliphatic carbocycles. The van der Waals surface area contributed by atoms with Crippen molar-refractivity contribution >= 4 is 34.1 Å². The minimum Gasteiger partial charge on any atom is -0.310 e. The molecule has 0 unspecified atom stereocenters. The first-order chi connectivity index (χ1) is 36.0. The van der Waals surface area contributed by atoms with E-state index in [9.17, 15) is 0 Å². The zero-order valence-corrected chi connectivity index (χ0v) is 43.4. The lowest BCUT2D eigenvalue weighted by atomic mass is 9.65. The van der Waals surface area contributed by atoms with Gasteiger partial charge >= 0.3 is 0 Å². The van der Waals surface area contributed by atoms with E-state index in [4.69, 9.17) is 0 Å². The quantitative estimate of drug-likeness (QED) is 0.142. The average molecular weight is 953 g/mol. The van der Waals surface area contributed by atoms with Crippen molar-refractivity contribution in [3.05, 3.63) is 284 Å². The summed E-state index contributed by atoms with van der Waals surface area (Å²) in [4.78, 5) is 4.83. The van der Waals surface area contributed by atoms with E-state index >= 15 is 0 Å². The first-order valence-electron chi connectivity index (χ1n) is 26.7. The van der Waals surface area contributed by atoms with Crippen LogP contribution in [0, 0.1) is 27.7 Å². The molecule has 4 aliphatic rings. The van der Waals surface area contributed by atoms with Crippen LogP contribution < -0.4 is 9.80 Å². The van der Waals surface area contributed by atoms with Gasteiger partial charge in [0, 0.05) is 39.5 Å². The Balaban J connectivity index is 0.853. The summed E-state index contributed by atoms with van der Waals surface area (Å²) in [6, 6.07) is 79.6. The van der Waals surface area contributed by atoms with Gasteiger partial charge in [0.1, 0.15) is 0 Å². The summed E-state index contributed by atoms with van der Waals surface area (Å²) in [6.45, 7) is 13.5. The Kier molecular flexibility index (Phi) is 10.0. The van der Waals surface area contributed by atoms with E-state index in [2.05, 4.69) is 258 Å². The number of nitrogens with zero attached hydrogens (tertiary/aromatic N) is 2. The Hall–Kier alpha value is -8.20. The molecule has 0 amide bonds. The molecule has 0 fully saturated rings. The third-order valence-electron chi connectivity index (χ3n) is 17.4. The summed E-state index contributed by atoms with van der Waals surface area (Å²) in [5, 5.41) is 0. The zero-order valence-electron chi connectivity index (χ0n) is 43.4. The molecule has 0 aromatic heterocycles. The van der Waals surface area contributed by atoms with Crippen LogP contribution in [0.1, 0.15) is 91.7 Å². The number of aryl methyl sites for hydroxylation is 8. The standard InChI is InChI=1S/C72H60N2/c1-45-7-25-57(26-8-45)73(58-27-9-46(2)10-28-58)61-33-37-63-64-38-34-62(44-68(64)71(5,6)67(63)43-61)74(59-29-11-47(3)12-30-59)60-31-20-51(21-32-60)54-22-36-66-65-35-13-48(4)39-69(65)72(70(66)42-54,55-23-18-49-14-16-52(49)40-55)56-24-19-50-15-17-53(50)41-56/h7-13,18-44H,14-17H2,1-6H3. The second kappa shape index (κ2) is 16.7. The highest BCUT2D eigenvalue weighted by molar-refractivity contribution is 5.91. The van der Waals surface area contributed by atoms with E-state index in [-0.39, 0.29) is 5.41 Å². The molecule has 2 heteroatoms. The van der Waals surface area contributed by atoms with Gasteiger partial charge in [-0.05, 0) is 221 Å². The fraction of sp³-hybridized carbons (Fsp3) is 0.167. The molecule has 0 radical (unpaired) electrons. The molecule has 0 spiro atoms. The van der Waals surface area contributed by atoms with Gasteiger partial charge in [-0.3, -0.25) is 0 Å². The van der Waals surface area contributed by atoms with Crippen LogP contribution in [0.4, 0.5) is 34.1 Å². The van der Waals surface area contributed by atoms with Crippen LogP contribution in [0.2, 0.25) is 0 Å². The Morgan fingerprint density at radius 1 is 0.284 bits per heavy atom. The summed E-state index contributed by atoms with van der Waals surface area (Å²) in [5.41, 5.74) is 33.2. The van der Waals surface area contributed by atoms with Gasteiger partial charge in [0.25, 0.3) is 0 Å². The summed E-state index contributed by atoms with van der Waals surface area (Å²) in [6.07, 6.45) is 4.67. The van der Waals surface area contributed by atoms with Gasteiger partial charge in [-0.15, -0.1) is 0 Å². The van der Waals surface area contributed by atoms with E-state index in [0.717, 1.165) is 47.0 Å². The van der Waals surface area contributed by atoms with Gasteiger partial charge in [-0.1, -0.05) is 163 Å². The molecule has 0 heterocycles. The van der Waals surface area contributed by atoms with Crippen LogP contribution in [-0.2, 0) is 36.5 Å². The Labute approximate surface area is 437 Å². The van der Waals surface area contributed by atoms with Crippen LogP contribution in [0.15, 0.2) is 206 Å². The van der Waals surface area contributed by atoms with E-state index < -0.39 is 5.41 Å². The van der Waals surface area contributed by atoms with Crippen molar-refractivity contribution < 1.29 is 0 Å². The maximum Gasteiger partial charge on any atom is 0.0714 e. The predicted octanol–water partition coefficient (Wildman–Crippen LogP) is 18.4. The van der Waals surface area contributed by atoms with Crippen LogP contribution in [0.5, 0.6) is 0 Å². The predicted molar refractivity (Wildman–Crippen MR) is 310 cm³/mol. The lowest BCUT2D eigenvalue weighted by Crippen LogP contribution is -2.30. The van der Waals surface area contributed by atoms with Crippen molar-refractivity contribution in [1.29, 1.82) is 0 Å².